The molecule has 1 aromatic heterocycles. The van der Waals surface area contributed by atoms with Gasteiger partial charge in [-0.3, -0.25) is 24.1 Å². The molecule has 4 rings (SSSR count). The molecule has 13 nitrogen and oxygen atoms in total. The monoisotopic (exact) mass is 889 g/mol. The van der Waals surface area contributed by atoms with E-state index in [1.165, 1.54) is 11.3 Å². The van der Waals surface area contributed by atoms with Gasteiger partial charge < -0.3 is 35.0 Å². The van der Waals surface area contributed by atoms with E-state index < -0.39 is 36.3 Å². The second-order valence-corrected chi connectivity index (χ2v) is 18.6. The van der Waals surface area contributed by atoms with Crippen molar-refractivity contribution >= 4 is 35.0 Å². The average molecular weight is 889 g/mol. The zero-order valence-corrected chi connectivity index (χ0v) is 40.1. The maximum Gasteiger partial charge on any atom is 0.245 e. The fourth-order valence-electron chi connectivity index (χ4n) is 8.91. The third-order valence-corrected chi connectivity index (χ3v) is 13.4. The van der Waals surface area contributed by atoms with E-state index in [-0.39, 0.29) is 59.7 Å². The Bertz CT molecular complexity index is 1930. The molecule has 3 N–H and O–H groups in total. The van der Waals surface area contributed by atoms with E-state index in [1.807, 2.05) is 119 Å². The highest BCUT2D eigenvalue weighted by Crippen LogP contribution is 2.30. The van der Waals surface area contributed by atoms with Gasteiger partial charge in [0.25, 0.3) is 0 Å². The number of ether oxygens (including phenoxy) is 2. The van der Waals surface area contributed by atoms with Crippen LogP contribution in [-0.2, 0) is 41.5 Å². The number of phenolic OH excluding ortho intramolecular Hbond substituents is 1. The lowest BCUT2D eigenvalue weighted by molar-refractivity contribution is -0.145. The minimum absolute atomic E-state index is 0.0133. The van der Waals surface area contributed by atoms with Gasteiger partial charge in [0.1, 0.15) is 16.8 Å². The van der Waals surface area contributed by atoms with Crippen molar-refractivity contribution in [2.45, 2.75) is 123 Å². The molecule has 8 atom stereocenters. The molecule has 1 aliphatic heterocycles. The van der Waals surface area contributed by atoms with E-state index in [4.69, 9.17) is 9.47 Å². The van der Waals surface area contributed by atoms with Gasteiger partial charge in [-0.1, -0.05) is 88.7 Å². The molecule has 1 aliphatic rings. The van der Waals surface area contributed by atoms with Crippen LogP contribution >= 0.6 is 11.3 Å². The van der Waals surface area contributed by atoms with Crippen LogP contribution in [0.3, 0.4) is 0 Å². The summed E-state index contributed by atoms with van der Waals surface area (Å²) in [5.41, 5.74) is 2.97. The number of nitrogens with one attached hydrogen (secondary N) is 2. The van der Waals surface area contributed by atoms with Gasteiger partial charge in [-0.25, -0.2) is 4.98 Å². The van der Waals surface area contributed by atoms with Gasteiger partial charge in [-0.05, 0) is 81.7 Å². The molecule has 1 saturated heterocycles. The van der Waals surface area contributed by atoms with Crippen molar-refractivity contribution in [1.29, 1.82) is 0 Å². The zero-order chi connectivity index (χ0) is 46.4. The highest BCUT2D eigenvalue weighted by atomic mass is 32.1. The number of likely N-dealkylation sites (tertiary alicyclic amines) is 1. The summed E-state index contributed by atoms with van der Waals surface area (Å²) < 4.78 is 12.1. The molecule has 0 unspecified atom stereocenters. The minimum Gasteiger partial charge on any atom is -0.508 e. The van der Waals surface area contributed by atoms with Gasteiger partial charge in [-0.2, -0.15) is 0 Å². The fourth-order valence-corrected chi connectivity index (χ4v) is 9.60. The fraction of sp³-hybridized carbons (Fsp3) is 0.571. The number of hydrogen-bond donors (Lipinski definition) is 3. The van der Waals surface area contributed by atoms with Gasteiger partial charge in [0.15, 0.2) is 0 Å². The topological polar surface area (TPSA) is 154 Å². The molecule has 0 radical (unpaired) electrons. The van der Waals surface area contributed by atoms with Crippen molar-refractivity contribution in [1.82, 2.24) is 30.3 Å². The Hall–Kier alpha value is -4.63. The van der Waals surface area contributed by atoms with Gasteiger partial charge in [-0.15, -0.1) is 11.3 Å². The second kappa shape index (κ2) is 24.4. The van der Waals surface area contributed by atoms with Crippen LogP contribution in [0, 0.1) is 17.8 Å². The van der Waals surface area contributed by atoms with Crippen LogP contribution < -0.4 is 10.6 Å². The quantitative estimate of drug-likeness (QED) is 0.0916. The molecule has 0 bridgehead atoms. The van der Waals surface area contributed by atoms with Crippen LogP contribution in [0.15, 0.2) is 77.8 Å². The lowest BCUT2D eigenvalue weighted by Gasteiger charge is -2.39. The van der Waals surface area contributed by atoms with Crippen LogP contribution in [-0.4, -0.2) is 126 Å². The largest absolute Gasteiger partial charge is 0.508 e. The number of phenols is 1. The highest BCUT2D eigenvalue weighted by Gasteiger charge is 2.43. The van der Waals surface area contributed by atoms with Gasteiger partial charge in [0.05, 0.1) is 48.7 Å². The Morgan fingerprint density at radius 3 is 2.17 bits per heavy atom. The number of thiazole rings is 1. The van der Waals surface area contributed by atoms with Crippen molar-refractivity contribution < 1.29 is 33.8 Å². The Labute approximate surface area is 379 Å². The van der Waals surface area contributed by atoms with E-state index >= 15 is 0 Å². The van der Waals surface area contributed by atoms with Crippen molar-refractivity contribution in [2.75, 3.05) is 41.4 Å². The predicted octanol–water partition coefficient (Wildman–Crippen LogP) is 6.43. The second-order valence-electron chi connectivity index (χ2n) is 17.6. The Morgan fingerprint density at radius 2 is 1.60 bits per heavy atom. The number of likely N-dealkylation sites (N-methyl/N-ethyl adjacent to an activating group) is 2. The summed E-state index contributed by atoms with van der Waals surface area (Å²) in [6.45, 7) is 14.6. The smallest absolute Gasteiger partial charge is 0.245 e. The summed E-state index contributed by atoms with van der Waals surface area (Å²) in [5.74, 6) is -1.50. The van der Waals surface area contributed by atoms with Crippen LogP contribution in [0.1, 0.15) is 89.9 Å². The Kier molecular flexibility index (Phi) is 19.8. The molecule has 1 fully saturated rings. The third kappa shape index (κ3) is 13.7. The first-order chi connectivity index (χ1) is 30.0. The third-order valence-electron chi connectivity index (χ3n) is 12.5. The molecule has 2 aromatic carbocycles. The molecule has 2 heterocycles. The standard InChI is InChI=1S/C49H72N6O7S/c1-12-33(6)44(54(9)49(60)42(31(2)3)52-47(59)43(32(4)5)53(8)27-24-35-20-22-37(56)23-21-35)40(61-10)30-41(57)55-26-16-19-39(55)45(62-11)34(7)46(58)51-38(48-50-25-28-63-48)29-36-17-14-13-15-18-36/h12-15,17-18,20-23,25,28,31-32,34,38-40,42-45,56H,16,19,24,26-27,29-30H2,1-11H3,(H,51,58)(H,52,59)/b33-12-/t34-,38+,39+,40-,42+,43+,44+,45-/m1/s1. The number of methoxy groups -OCH3 is 2. The van der Waals surface area contributed by atoms with Crippen LogP contribution in [0.5, 0.6) is 5.75 Å². The normalized spacial score (nSPS) is 17.8. The molecule has 3 aromatic rings. The SMILES string of the molecule is C/C=C(/C)[C@@H]([C@@H](CC(=O)N1CCC[C@H]1[C@H](OC)[C@@H](C)C(=O)N[C@@H](Cc1ccccc1)c1nccs1)OC)N(C)C(=O)[C@@H](NC(=O)[C@H](C(C)C)N(C)CCc1ccc(O)cc1)C(C)C. The molecule has 0 spiro atoms. The zero-order valence-electron chi connectivity index (χ0n) is 39.2. The van der Waals surface area contributed by atoms with E-state index in [0.29, 0.717) is 32.4 Å². The first kappa shape index (κ1) is 51.0. The number of amides is 4. The maximum absolute atomic E-state index is 14.6. The molecular formula is C49H72N6O7S. The number of carbonyl (C=O) groups is 4. The number of aromatic nitrogens is 1. The van der Waals surface area contributed by atoms with Crippen molar-refractivity contribution in [3.8, 4) is 5.75 Å². The molecule has 0 aliphatic carbocycles. The van der Waals surface area contributed by atoms with Crippen LogP contribution in [0.2, 0.25) is 0 Å². The molecule has 346 valence electrons. The van der Waals surface area contributed by atoms with Gasteiger partial charge >= 0.3 is 0 Å². The maximum atomic E-state index is 14.6. The summed E-state index contributed by atoms with van der Waals surface area (Å²) in [4.78, 5) is 67.0. The van der Waals surface area contributed by atoms with Crippen LogP contribution in [0.4, 0.5) is 0 Å². The van der Waals surface area contributed by atoms with Gasteiger partial charge in [0.2, 0.25) is 23.6 Å². The lowest BCUT2D eigenvalue weighted by atomic mass is 9.93. The molecule has 14 heteroatoms. The van der Waals surface area contributed by atoms with Gasteiger partial charge in [0, 0.05) is 45.9 Å². The number of allylic oxidation sites excluding steroid dienone is 1. The number of hydrogen-bond acceptors (Lipinski definition) is 10. The number of aromatic hydroxyl groups is 1. The first-order valence-electron chi connectivity index (χ1n) is 22.3. The summed E-state index contributed by atoms with van der Waals surface area (Å²) in [7, 11) is 6.76. The number of carbonyl (C=O) groups excluding carboxylic acids is 4. The summed E-state index contributed by atoms with van der Waals surface area (Å²) >= 11 is 1.50. The average Bonchev–Trinajstić information content (AvgIpc) is 3.99. The number of nitrogens with zero attached hydrogens (tertiary/aromatic N) is 4. The predicted molar refractivity (Wildman–Crippen MR) is 249 cm³/mol. The Morgan fingerprint density at radius 1 is 0.921 bits per heavy atom. The van der Waals surface area contributed by atoms with Crippen molar-refractivity contribution in [3.05, 3.63) is 94.0 Å². The molecule has 63 heavy (non-hydrogen) atoms. The van der Waals surface area contributed by atoms with Crippen molar-refractivity contribution in [2.24, 2.45) is 17.8 Å². The first-order valence-corrected chi connectivity index (χ1v) is 23.2. The number of rotatable bonds is 23. The van der Waals surface area contributed by atoms with Crippen LogP contribution in [0.25, 0.3) is 0 Å². The number of benzene rings is 2. The highest BCUT2D eigenvalue weighted by molar-refractivity contribution is 7.09. The molecule has 4 amide bonds. The summed E-state index contributed by atoms with van der Waals surface area (Å²) in [6, 6.07) is 14.4. The minimum atomic E-state index is -0.837. The molecular weight excluding hydrogens is 817 g/mol. The van der Waals surface area contributed by atoms with Crippen molar-refractivity contribution in [3.63, 3.8) is 0 Å². The Balaban J connectivity index is 1.47. The van der Waals surface area contributed by atoms with E-state index in [9.17, 15) is 24.3 Å². The lowest BCUT2D eigenvalue weighted by Crippen LogP contribution is -2.59. The van der Waals surface area contributed by atoms with E-state index in [0.717, 1.165) is 28.1 Å². The van der Waals surface area contributed by atoms with E-state index in [2.05, 4.69) is 15.6 Å². The molecule has 0 saturated carbocycles. The summed E-state index contributed by atoms with van der Waals surface area (Å²) in [5, 5.41) is 18.7. The summed E-state index contributed by atoms with van der Waals surface area (Å²) in [6.07, 6.45) is 5.07. The van der Waals surface area contributed by atoms with E-state index in [1.54, 1.807) is 44.5 Å².